The van der Waals surface area contributed by atoms with E-state index in [1.807, 2.05) is 18.6 Å². The average Bonchev–Trinajstić information content (AvgIpc) is 3.32. The van der Waals surface area contributed by atoms with Gasteiger partial charge < -0.3 is 15.0 Å². The second kappa shape index (κ2) is 10.2. The topological polar surface area (TPSA) is 116 Å². The van der Waals surface area contributed by atoms with Crippen molar-refractivity contribution in [3.8, 4) is 5.69 Å². The Labute approximate surface area is 252 Å². The highest BCUT2D eigenvalue weighted by molar-refractivity contribution is 6.35. The lowest BCUT2D eigenvalue weighted by Crippen LogP contribution is -2.57. The molecule has 10 nitrogen and oxygen atoms in total. The molecule has 0 atom stereocenters. The van der Waals surface area contributed by atoms with Crippen LogP contribution in [0.25, 0.3) is 16.7 Å². The van der Waals surface area contributed by atoms with Gasteiger partial charge in [0.25, 0.3) is 5.91 Å². The predicted octanol–water partition coefficient (Wildman–Crippen LogP) is 4.99. The fourth-order valence-electron chi connectivity index (χ4n) is 5.88. The number of benzene rings is 2. The Hall–Kier alpha value is -3.73. The summed E-state index contributed by atoms with van der Waals surface area (Å²) >= 11 is 12.5. The van der Waals surface area contributed by atoms with Gasteiger partial charge in [-0.3, -0.25) is 4.79 Å². The average molecular weight is 606 g/mol. The summed E-state index contributed by atoms with van der Waals surface area (Å²) in [5.74, 6) is 0.0644. The molecular formula is C30H30Cl2N8O2. The number of imidazole rings is 1. The van der Waals surface area contributed by atoms with Crippen molar-refractivity contribution in [3.63, 3.8) is 0 Å². The molecule has 216 valence electrons. The first-order valence-corrected chi connectivity index (χ1v) is 14.8. The van der Waals surface area contributed by atoms with Gasteiger partial charge in [-0.25, -0.2) is 14.3 Å². The van der Waals surface area contributed by atoms with Crippen LogP contribution in [0.2, 0.25) is 10.0 Å². The number of amides is 1. The van der Waals surface area contributed by atoms with Gasteiger partial charge in [0.1, 0.15) is 5.69 Å². The third-order valence-electron chi connectivity index (χ3n) is 8.35. The van der Waals surface area contributed by atoms with E-state index in [0.29, 0.717) is 47.2 Å². The number of aryl methyl sites for hydroxylation is 2. The highest BCUT2D eigenvalue weighted by Gasteiger charge is 2.44. The molecule has 0 saturated heterocycles. The van der Waals surface area contributed by atoms with E-state index in [0.717, 1.165) is 35.3 Å². The number of nitrogens with zero attached hydrogens (tertiary/aromatic N) is 7. The van der Waals surface area contributed by atoms with Crippen molar-refractivity contribution in [2.75, 3.05) is 0 Å². The molecule has 0 bridgehead atoms. The van der Waals surface area contributed by atoms with E-state index in [1.165, 1.54) is 11.1 Å². The van der Waals surface area contributed by atoms with Gasteiger partial charge in [0, 0.05) is 17.0 Å². The van der Waals surface area contributed by atoms with Crippen molar-refractivity contribution >= 4 is 40.1 Å². The fraction of sp³-hybridized carbons (Fsp3) is 0.367. The molecule has 0 radical (unpaired) electrons. The first-order valence-electron chi connectivity index (χ1n) is 14.0. The number of nitrogens with one attached hydrogen (secondary N) is 1. The lowest BCUT2D eigenvalue weighted by molar-refractivity contribution is -0.0688. The van der Waals surface area contributed by atoms with E-state index >= 15 is 0 Å². The molecule has 42 heavy (non-hydrogen) atoms. The van der Waals surface area contributed by atoms with Crippen molar-refractivity contribution in [2.45, 2.75) is 70.2 Å². The molecule has 0 spiro atoms. The Morgan fingerprint density at radius 2 is 1.93 bits per heavy atom. The smallest absolute Gasteiger partial charge is 0.255 e. The van der Waals surface area contributed by atoms with E-state index in [2.05, 4.69) is 56.3 Å². The van der Waals surface area contributed by atoms with Gasteiger partial charge in [-0.15, -0.1) is 5.10 Å². The van der Waals surface area contributed by atoms with E-state index in [1.54, 1.807) is 27.7 Å². The Balaban J connectivity index is 0.988. The molecule has 2 aromatic carbocycles. The zero-order chi connectivity index (χ0) is 29.2. The summed E-state index contributed by atoms with van der Waals surface area (Å²) in [6.45, 7) is 5.01. The Bertz CT molecular complexity index is 1830. The molecule has 2 fully saturated rings. The molecule has 2 aliphatic carbocycles. The summed E-state index contributed by atoms with van der Waals surface area (Å²) in [5, 5.41) is 28.3. The first-order chi connectivity index (χ1) is 20.2. The molecule has 3 aromatic heterocycles. The van der Waals surface area contributed by atoms with Crippen LogP contribution in [-0.2, 0) is 13.1 Å². The fourth-order valence-corrected chi connectivity index (χ4v) is 6.37. The molecule has 3 heterocycles. The summed E-state index contributed by atoms with van der Waals surface area (Å²) in [5.41, 5.74) is 6.33. The normalized spacial score (nSPS) is 20.2. The Kier molecular flexibility index (Phi) is 6.60. The Morgan fingerprint density at radius 1 is 1.14 bits per heavy atom. The van der Waals surface area contributed by atoms with Gasteiger partial charge in [0.2, 0.25) is 0 Å². The largest absolute Gasteiger partial charge is 0.388 e. The highest BCUT2D eigenvalue weighted by atomic mass is 35.5. The minimum absolute atomic E-state index is 0.149. The minimum atomic E-state index is -0.973. The maximum Gasteiger partial charge on any atom is 0.255 e. The minimum Gasteiger partial charge on any atom is -0.388 e. The SMILES string of the molecule is Cc1cc2ncn(Cc3cn(CC4(O)CC(NC(=O)c5cnn(-c6ccc(Cl)cc6Cl)c5C5CC5)C4)nn3)c2cc1C. The van der Waals surface area contributed by atoms with E-state index < -0.39 is 5.60 Å². The number of aliphatic hydroxyl groups is 1. The number of carbonyl (C=O) groups excluding carboxylic acids is 1. The number of hydrogen-bond donors (Lipinski definition) is 2. The summed E-state index contributed by atoms with van der Waals surface area (Å²) in [6, 6.07) is 9.32. The van der Waals surface area contributed by atoms with Crippen LogP contribution in [0.5, 0.6) is 0 Å². The monoisotopic (exact) mass is 604 g/mol. The summed E-state index contributed by atoms with van der Waals surface area (Å²) in [7, 11) is 0. The van der Waals surface area contributed by atoms with E-state index in [-0.39, 0.29) is 17.9 Å². The zero-order valence-electron chi connectivity index (χ0n) is 23.3. The highest BCUT2D eigenvalue weighted by Crippen LogP contribution is 2.43. The molecule has 0 aliphatic heterocycles. The molecule has 12 heteroatoms. The number of hydrogen-bond acceptors (Lipinski definition) is 6. The number of halogens is 2. The number of rotatable bonds is 8. The van der Waals surface area contributed by atoms with Crippen LogP contribution in [0.15, 0.2) is 49.1 Å². The van der Waals surface area contributed by atoms with Crippen molar-refractivity contribution in [3.05, 3.63) is 87.2 Å². The van der Waals surface area contributed by atoms with Gasteiger partial charge in [0.05, 0.1) is 70.4 Å². The molecule has 7 rings (SSSR count). The second-order valence-corrected chi connectivity index (χ2v) is 12.6. The summed E-state index contributed by atoms with van der Waals surface area (Å²) < 4.78 is 5.48. The summed E-state index contributed by atoms with van der Waals surface area (Å²) in [6.07, 6.45) is 8.12. The van der Waals surface area contributed by atoms with Crippen molar-refractivity contribution < 1.29 is 9.90 Å². The van der Waals surface area contributed by atoms with Crippen LogP contribution in [-0.4, -0.2) is 57.0 Å². The van der Waals surface area contributed by atoms with Gasteiger partial charge in [0.15, 0.2) is 0 Å². The lowest BCUT2D eigenvalue weighted by Gasteiger charge is -2.43. The Morgan fingerprint density at radius 3 is 2.69 bits per heavy atom. The number of aromatic nitrogens is 7. The van der Waals surface area contributed by atoms with Crippen LogP contribution in [0.3, 0.4) is 0 Å². The molecule has 5 aromatic rings. The zero-order valence-corrected chi connectivity index (χ0v) is 24.8. The van der Waals surface area contributed by atoms with Gasteiger partial charge in [-0.2, -0.15) is 5.10 Å². The molecular weight excluding hydrogens is 575 g/mol. The van der Waals surface area contributed by atoms with Gasteiger partial charge in [-0.05, 0) is 81.0 Å². The van der Waals surface area contributed by atoms with Crippen LogP contribution < -0.4 is 5.32 Å². The van der Waals surface area contributed by atoms with Crippen molar-refractivity contribution in [1.29, 1.82) is 0 Å². The molecule has 2 saturated carbocycles. The number of carbonyl (C=O) groups is 1. The van der Waals surface area contributed by atoms with Gasteiger partial charge in [-0.1, -0.05) is 28.4 Å². The number of fused-ring (bicyclic) bond motifs is 1. The quantitative estimate of drug-likeness (QED) is 0.258. The predicted molar refractivity (Wildman–Crippen MR) is 159 cm³/mol. The maximum absolute atomic E-state index is 13.3. The molecule has 1 amide bonds. The first kappa shape index (κ1) is 27.1. The van der Waals surface area contributed by atoms with E-state index in [9.17, 15) is 9.90 Å². The molecule has 2 N–H and O–H groups in total. The van der Waals surface area contributed by atoms with Crippen molar-refractivity contribution in [2.24, 2.45) is 0 Å². The molecule has 0 unspecified atom stereocenters. The third kappa shape index (κ3) is 5.08. The maximum atomic E-state index is 13.3. The van der Waals surface area contributed by atoms with Gasteiger partial charge >= 0.3 is 0 Å². The van der Waals surface area contributed by atoms with Crippen LogP contribution in [0, 0.1) is 13.8 Å². The van der Waals surface area contributed by atoms with Crippen LogP contribution >= 0.6 is 23.2 Å². The lowest BCUT2D eigenvalue weighted by atomic mass is 9.75. The second-order valence-electron chi connectivity index (χ2n) is 11.7. The third-order valence-corrected chi connectivity index (χ3v) is 8.89. The van der Waals surface area contributed by atoms with E-state index in [4.69, 9.17) is 23.2 Å². The van der Waals surface area contributed by atoms with Crippen molar-refractivity contribution in [1.82, 2.24) is 39.6 Å². The van der Waals surface area contributed by atoms with Crippen LogP contribution in [0.4, 0.5) is 0 Å². The molecule has 2 aliphatic rings. The standard InChI is InChI=1S/C30H30Cl2N8O2/c1-17-7-25-27(8-18(17)2)38(16-33-25)13-22-14-39(37-36-22)15-30(42)10-21(11-30)35-29(41)23-12-34-40(28(23)19-3-4-19)26-6-5-20(31)9-24(26)32/h5-9,12,14,16,19,21,42H,3-4,10-11,13,15H2,1-2H3,(H,35,41). The summed E-state index contributed by atoms with van der Waals surface area (Å²) in [4.78, 5) is 17.8. The van der Waals surface area contributed by atoms with Crippen LogP contribution in [0.1, 0.15) is 64.5 Å².